The van der Waals surface area contributed by atoms with Gasteiger partial charge in [-0.05, 0) is 42.1 Å². The Balaban J connectivity index is 1.80. The summed E-state index contributed by atoms with van der Waals surface area (Å²) >= 11 is 0. The fraction of sp³-hybridized carbons (Fsp3) is 0.125. The number of phenols is 1. The van der Waals surface area contributed by atoms with Crippen molar-refractivity contribution in [2.24, 2.45) is 0 Å². The molecule has 3 aromatic rings. The molecule has 0 saturated heterocycles. The first kappa shape index (κ1) is 11.7. The number of aromatic nitrogens is 1. The molecule has 0 aliphatic rings. The number of para-hydroxylation sites is 2. The Morgan fingerprint density at radius 2 is 1.95 bits per heavy atom. The van der Waals surface area contributed by atoms with Gasteiger partial charge in [0.15, 0.2) is 11.5 Å². The Hall–Kier alpha value is -2.42. The molecule has 1 heterocycles. The number of nitrogens with one attached hydrogen (secondary N) is 1. The number of aromatic amines is 1. The molecule has 0 spiro atoms. The quantitative estimate of drug-likeness (QED) is 0.746. The lowest BCUT2D eigenvalue weighted by atomic mass is 10.2. The number of hydrogen-bond donors (Lipinski definition) is 2. The van der Waals surface area contributed by atoms with E-state index in [0.29, 0.717) is 12.4 Å². The van der Waals surface area contributed by atoms with Crippen molar-refractivity contribution in [3.63, 3.8) is 0 Å². The van der Waals surface area contributed by atoms with Crippen molar-refractivity contribution in [3.8, 4) is 11.5 Å². The van der Waals surface area contributed by atoms with E-state index in [4.69, 9.17) is 4.74 Å². The molecule has 0 amide bonds. The van der Waals surface area contributed by atoms with Gasteiger partial charge < -0.3 is 14.8 Å². The maximum absolute atomic E-state index is 9.63. The van der Waals surface area contributed by atoms with Gasteiger partial charge in [0.05, 0.1) is 5.69 Å². The van der Waals surface area contributed by atoms with E-state index in [1.165, 1.54) is 10.9 Å². The third-order valence-electron chi connectivity index (χ3n) is 3.08. The van der Waals surface area contributed by atoms with Crippen LogP contribution in [0.1, 0.15) is 11.3 Å². The van der Waals surface area contributed by atoms with Gasteiger partial charge in [0, 0.05) is 5.52 Å². The van der Waals surface area contributed by atoms with Crippen molar-refractivity contribution in [1.29, 1.82) is 0 Å². The van der Waals surface area contributed by atoms with E-state index in [-0.39, 0.29) is 5.75 Å². The molecular formula is C16H15NO2. The Bertz CT molecular complexity index is 716. The molecule has 0 atom stereocenters. The molecule has 0 unspecified atom stereocenters. The van der Waals surface area contributed by atoms with Crippen LogP contribution in [-0.4, -0.2) is 10.1 Å². The zero-order chi connectivity index (χ0) is 13.2. The lowest BCUT2D eigenvalue weighted by molar-refractivity contribution is 0.286. The molecule has 3 heteroatoms. The van der Waals surface area contributed by atoms with E-state index in [9.17, 15) is 5.11 Å². The molecule has 0 radical (unpaired) electrons. The normalized spacial score (nSPS) is 10.8. The first-order chi connectivity index (χ1) is 9.22. The highest BCUT2D eigenvalue weighted by atomic mass is 16.5. The highest BCUT2D eigenvalue weighted by Gasteiger charge is 2.04. The molecule has 3 nitrogen and oxygen atoms in total. The van der Waals surface area contributed by atoms with Gasteiger partial charge in [0.25, 0.3) is 0 Å². The average Bonchev–Trinajstić information content (AvgIpc) is 2.79. The number of benzene rings is 2. The molecule has 2 N–H and O–H groups in total. The van der Waals surface area contributed by atoms with Crippen LogP contribution in [0, 0.1) is 6.92 Å². The Kier molecular flexibility index (Phi) is 2.88. The molecular weight excluding hydrogens is 238 g/mol. The van der Waals surface area contributed by atoms with E-state index >= 15 is 0 Å². The molecule has 0 saturated carbocycles. The Morgan fingerprint density at radius 3 is 2.79 bits per heavy atom. The standard InChI is InChI=1S/C16H15NO2/c1-11-6-7-12-9-13(17-14(12)8-11)10-19-16-5-3-2-4-15(16)18/h2-9,17-18H,10H2,1H3. The van der Waals surface area contributed by atoms with Crippen LogP contribution in [0.25, 0.3) is 10.9 Å². The summed E-state index contributed by atoms with van der Waals surface area (Å²) in [7, 11) is 0. The zero-order valence-electron chi connectivity index (χ0n) is 10.7. The van der Waals surface area contributed by atoms with Crippen LogP contribution in [0.2, 0.25) is 0 Å². The minimum Gasteiger partial charge on any atom is -0.504 e. The molecule has 2 aromatic carbocycles. The van der Waals surface area contributed by atoms with Gasteiger partial charge in [-0.3, -0.25) is 0 Å². The van der Waals surface area contributed by atoms with Gasteiger partial charge in [-0.25, -0.2) is 0 Å². The van der Waals surface area contributed by atoms with Crippen LogP contribution in [0.5, 0.6) is 11.5 Å². The van der Waals surface area contributed by atoms with Crippen molar-refractivity contribution in [2.45, 2.75) is 13.5 Å². The molecule has 1 aromatic heterocycles. The molecule has 19 heavy (non-hydrogen) atoms. The first-order valence-corrected chi connectivity index (χ1v) is 6.21. The fourth-order valence-corrected chi connectivity index (χ4v) is 2.11. The van der Waals surface area contributed by atoms with E-state index in [1.54, 1.807) is 18.2 Å². The molecule has 0 bridgehead atoms. The van der Waals surface area contributed by atoms with E-state index < -0.39 is 0 Å². The van der Waals surface area contributed by atoms with Crippen molar-refractivity contribution in [3.05, 3.63) is 59.8 Å². The summed E-state index contributed by atoms with van der Waals surface area (Å²) in [4.78, 5) is 3.32. The van der Waals surface area contributed by atoms with Crippen molar-refractivity contribution >= 4 is 10.9 Å². The van der Waals surface area contributed by atoms with Gasteiger partial charge >= 0.3 is 0 Å². The maximum atomic E-state index is 9.63. The zero-order valence-corrected chi connectivity index (χ0v) is 10.7. The SMILES string of the molecule is Cc1ccc2cc(COc3ccccc3O)[nH]c2c1. The second-order valence-corrected chi connectivity index (χ2v) is 4.64. The topological polar surface area (TPSA) is 45.2 Å². The number of ether oxygens (including phenoxy) is 1. The van der Waals surface area contributed by atoms with Crippen molar-refractivity contribution in [1.82, 2.24) is 4.98 Å². The second-order valence-electron chi connectivity index (χ2n) is 4.64. The predicted molar refractivity (Wildman–Crippen MR) is 75.5 cm³/mol. The van der Waals surface area contributed by atoms with E-state index in [1.807, 2.05) is 6.07 Å². The predicted octanol–water partition coefficient (Wildman–Crippen LogP) is 3.76. The lowest BCUT2D eigenvalue weighted by Gasteiger charge is -2.05. The number of hydrogen-bond acceptors (Lipinski definition) is 2. The molecule has 0 aliphatic carbocycles. The van der Waals surface area contributed by atoms with E-state index in [2.05, 4.69) is 36.2 Å². The van der Waals surface area contributed by atoms with Crippen LogP contribution in [-0.2, 0) is 6.61 Å². The Morgan fingerprint density at radius 1 is 1.11 bits per heavy atom. The maximum Gasteiger partial charge on any atom is 0.161 e. The highest BCUT2D eigenvalue weighted by Crippen LogP contribution is 2.25. The number of aryl methyl sites for hydroxylation is 1. The van der Waals surface area contributed by atoms with E-state index in [0.717, 1.165) is 11.2 Å². The number of phenolic OH excluding ortho intramolecular Hbond substituents is 1. The minimum atomic E-state index is 0.162. The summed E-state index contributed by atoms with van der Waals surface area (Å²) in [5.74, 6) is 0.659. The van der Waals surface area contributed by atoms with Gasteiger partial charge in [-0.1, -0.05) is 24.3 Å². The third-order valence-corrected chi connectivity index (χ3v) is 3.08. The third kappa shape index (κ3) is 2.40. The van der Waals surface area contributed by atoms with Gasteiger partial charge in [-0.2, -0.15) is 0 Å². The van der Waals surface area contributed by atoms with Crippen molar-refractivity contribution in [2.75, 3.05) is 0 Å². The van der Waals surface area contributed by atoms with Gasteiger partial charge in [0.2, 0.25) is 0 Å². The smallest absolute Gasteiger partial charge is 0.161 e. The summed E-state index contributed by atoms with van der Waals surface area (Å²) in [6.45, 7) is 2.48. The first-order valence-electron chi connectivity index (χ1n) is 6.21. The van der Waals surface area contributed by atoms with Crippen LogP contribution in [0.15, 0.2) is 48.5 Å². The summed E-state index contributed by atoms with van der Waals surface area (Å²) < 4.78 is 5.60. The molecule has 3 rings (SSSR count). The number of fused-ring (bicyclic) bond motifs is 1. The summed E-state index contributed by atoms with van der Waals surface area (Å²) in [6.07, 6.45) is 0. The van der Waals surface area contributed by atoms with Crippen LogP contribution in [0.4, 0.5) is 0 Å². The largest absolute Gasteiger partial charge is 0.504 e. The lowest BCUT2D eigenvalue weighted by Crippen LogP contribution is -1.95. The van der Waals surface area contributed by atoms with Gasteiger partial charge in [-0.15, -0.1) is 0 Å². The summed E-state index contributed by atoms with van der Waals surface area (Å²) in [5, 5.41) is 10.8. The van der Waals surface area contributed by atoms with Crippen LogP contribution in [0.3, 0.4) is 0 Å². The van der Waals surface area contributed by atoms with Gasteiger partial charge in [0.1, 0.15) is 6.61 Å². The molecule has 0 fully saturated rings. The average molecular weight is 253 g/mol. The van der Waals surface area contributed by atoms with Crippen molar-refractivity contribution < 1.29 is 9.84 Å². The summed E-state index contributed by atoms with van der Waals surface area (Å²) in [6, 6.07) is 15.3. The highest BCUT2D eigenvalue weighted by molar-refractivity contribution is 5.81. The molecule has 0 aliphatic heterocycles. The Labute approximate surface area is 111 Å². The fourth-order valence-electron chi connectivity index (χ4n) is 2.11. The second kappa shape index (κ2) is 4.69. The number of aromatic hydroxyl groups is 1. The monoisotopic (exact) mass is 253 g/mol. The van der Waals surface area contributed by atoms with Crippen LogP contribution >= 0.6 is 0 Å². The summed E-state index contributed by atoms with van der Waals surface area (Å²) in [5.41, 5.74) is 3.32. The minimum absolute atomic E-state index is 0.162. The van der Waals surface area contributed by atoms with Crippen LogP contribution < -0.4 is 4.74 Å². The number of rotatable bonds is 3. The molecule has 96 valence electrons. The number of H-pyrrole nitrogens is 1.